The maximum atomic E-state index is 4.16. The van der Waals surface area contributed by atoms with E-state index < -0.39 is 0 Å². The molecule has 1 aromatic carbocycles. The number of rotatable bonds is 3. The third-order valence-electron chi connectivity index (χ3n) is 2.50. The van der Waals surface area contributed by atoms with Gasteiger partial charge in [-0.3, -0.25) is 0 Å². The lowest BCUT2D eigenvalue weighted by atomic mass is 9.87. The van der Waals surface area contributed by atoms with E-state index in [0.717, 1.165) is 12.2 Å². The van der Waals surface area contributed by atoms with Gasteiger partial charge in [-0.25, -0.2) is 0 Å². The fourth-order valence-electron chi connectivity index (χ4n) is 1.61. The summed E-state index contributed by atoms with van der Waals surface area (Å²) in [5.41, 5.74) is 4.40. The summed E-state index contributed by atoms with van der Waals surface area (Å²) in [6.07, 6.45) is 7.97. The fraction of sp³-hybridized carbons (Fsp3) is 0.333. The van der Waals surface area contributed by atoms with Gasteiger partial charge in [0, 0.05) is 0 Å². The molecule has 1 aliphatic rings. The molecule has 0 radical (unpaired) electrons. The van der Waals surface area contributed by atoms with E-state index >= 15 is 0 Å². The molecule has 0 aromatic heterocycles. The maximum absolute atomic E-state index is 4.16. The normalized spacial score (nSPS) is 14.2. The molecule has 0 aliphatic heterocycles. The van der Waals surface area contributed by atoms with Crippen molar-refractivity contribution >= 4 is 18.7 Å². The van der Waals surface area contributed by atoms with E-state index in [0.29, 0.717) is 0 Å². The Morgan fingerprint density at radius 3 is 2.69 bits per heavy atom. The van der Waals surface area contributed by atoms with Gasteiger partial charge in [0.15, 0.2) is 0 Å². The molecule has 1 aromatic rings. The van der Waals surface area contributed by atoms with Gasteiger partial charge in [0.25, 0.3) is 0 Å². The second-order valence-electron chi connectivity index (χ2n) is 3.44. The molecule has 2 rings (SSSR count). The smallest absolute Gasteiger partial charge is 0.00632 e. The van der Waals surface area contributed by atoms with Crippen LogP contribution in [0.3, 0.4) is 0 Å². The van der Waals surface area contributed by atoms with Gasteiger partial charge >= 0.3 is 0 Å². The van der Waals surface area contributed by atoms with Gasteiger partial charge in [-0.2, -0.15) is 12.6 Å². The maximum Gasteiger partial charge on any atom is -0.00632 e. The van der Waals surface area contributed by atoms with E-state index in [2.05, 4.69) is 43.0 Å². The van der Waals surface area contributed by atoms with Gasteiger partial charge < -0.3 is 0 Å². The number of hydrogen-bond donors (Lipinski definition) is 1. The van der Waals surface area contributed by atoms with Crippen molar-refractivity contribution in [1.82, 2.24) is 0 Å². The lowest BCUT2D eigenvalue weighted by molar-refractivity contribution is 0.839. The van der Waals surface area contributed by atoms with Crippen molar-refractivity contribution in [2.45, 2.75) is 19.3 Å². The van der Waals surface area contributed by atoms with Crippen LogP contribution in [0, 0.1) is 0 Å². The minimum atomic E-state index is 0.932. The quantitative estimate of drug-likeness (QED) is 0.696. The highest BCUT2D eigenvalue weighted by atomic mass is 32.1. The van der Waals surface area contributed by atoms with E-state index in [1.807, 2.05) is 0 Å². The molecule has 0 unspecified atom stereocenters. The van der Waals surface area contributed by atoms with Gasteiger partial charge in [0.05, 0.1) is 0 Å². The summed E-state index contributed by atoms with van der Waals surface area (Å²) in [4.78, 5) is 0. The first-order valence-electron chi connectivity index (χ1n) is 4.79. The zero-order valence-corrected chi connectivity index (χ0v) is 8.56. The summed E-state index contributed by atoms with van der Waals surface area (Å²) in [6, 6.07) is 6.75. The molecule has 0 bridgehead atoms. The molecule has 0 nitrogen and oxygen atoms in total. The van der Waals surface area contributed by atoms with Crippen molar-refractivity contribution in [1.29, 1.82) is 0 Å². The molecule has 0 spiro atoms. The van der Waals surface area contributed by atoms with Crippen molar-refractivity contribution < 1.29 is 0 Å². The van der Waals surface area contributed by atoms with Crippen LogP contribution in [-0.2, 0) is 12.8 Å². The van der Waals surface area contributed by atoms with Crippen LogP contribution in [0.15, 0.2) is 24.3 Å². The Morgan fingerprint density at radius 2 is 2.08 bits per heavy atom. The van der Waals surface area contributed by atoms with Crippen LogP contribution in [0.5, 0.6) is 0 Å². The molecule has 0 atom stereocenters. The van der Waals surface area contributed by atoms with Crippen LogP contribution in [0.2, 0.25) is 0 Å². The molecule has 13 heavy (non-hydrogen) atoms. The predicted molar refractivity (Wildman–Crippen MR) is 61.4 cm³/mol. The van der Waals surface area contributed by atoms with Crippen LogP contribution < -0.4 is 0 Å². The Morgan fingerprint density at radius 1 is 1.23 bits per heavy atom. The van der Waals surface area contributed by atoms with Gasteiger partial charge in [0.2, 0.25) is 0 Å². The van der Waals surface area contributed by atoms with Crippen LogP contribution >= 0.6 is 12.6 Å². The SMILES string of the molecule is SCCC=Cc1ccc2c(c1)CC2. The number of aryl methyl sites for hydroxylation is 2. The summed E-state index contributed by atoms with van der Waals surface area (Å²) in [5.74, 6) is 0.932. The second-order valence-corrected chi connectivity index (χ2v) is 3.89. The Labute approximate surface area is 85.1 Å². The van der Waals surface area contributed by atoms with Crippen LogP contribution in [0.4, 0.5) is 0 Å². The highest BCUT2D eigenvalue weighted by molar-refractivity contribution is 7.80. The number of allylic oxidation sites excluding steroid dienone is 1. The van der Waals surface area contributed by atoms with Gasteiger partial charge in [-0.15, -0.1) is 0 Å². The van der Waals surface area contributed by atoms with Crippen molar-refractivity contribution in [2.24, 2.45) is 0 Å². The van der Waals surface area contributed by atoms with Crippen LogP contribution in [0.1, 0.15) is 23.1 Å². The lowest BCUT2D eigenvalue weighted by Gasteiger charge is -2.18. The molecular weight excluding hydrogens is 176 g/mol. The molecule has 0 saturated heterocycles. The third kappa shape index (κ3) is 1.97. The Kier molecular flexibility index (Phi) is 2.74. The molecule has 0 N–H and O–H groups in total. The number of benzene rings is 1. The average molecular weight is 190 g/mol. The van der Waals surface area contributed by atoms with Crippen molar-refractivity contribution in [3.8, 4) is 0 Å². The van der Waals surface area contributed by atoms with E-state index in [9.17, 15) is 0 Å². The summed E-state index contributed by atoms with van der Waals surface area (Å²) < 4.78 is 0. The van der Waals surface area contributed by atoms with Crippen molar-refractivity contribution in [3.63, 3.8) is 0 Å². The zero-order valence-electron chi connectivity index (χ0n) is 7.66. The largest absolute Gasteiger partial charge is 0.179 e. The highest BCUT2D eigenvalue weighted by Gasteiger charge is 2.11. The Bertz CT molecular complexity index is 326. The van der Waals surface area contributed by atoms with Crippen molar-refractivity contribution in [2.75, 3.05) is 5.75 Å². The van der Waals surface area contributed by atoms with E-state index in [1.54, 1.807) is 0 Å². The van der Waals surface area contributed by atoms with Crippen molar-refractivity contribution in [3.05, 3.63) is 41.0 Å². The average Bonchev–Trinajstić information content (AvgIpc) is 2.10. The second kappa shape index (κ2) is 4.01. The minimum absolute atomic E-state index is 0.932. The van der Waals surface area contributed by atoms with Gasteiger partial charge in [-0.05, 0) is 41.7 Å². The standard InChI is InChI=1S/C12H14S/c13-8-2-1-3-10-4-5-11-6-7-12(11)9-10/h1,3-5,9,13H,2,6-8H2. The monoisotopic (exact) mass is 190 g/mol. The summed E-state index contributed by atoms with van der Waals surface area (Å²) in [5, 5.41) is 0. The Hall–Kier alpha value is -0.690. The minimum Gasteiger partial charge on any atom is -0.179 e. The molecule has 68 valence electrons. The number of thiol groups is 1. The fourth-order valence-corrected chi connectivity index (χ4v) is 1.76. The van der Waals surface area contributed by atoms with Crippen LogP contribution in [-0.4, -0.2) is 5.75 Å². The first-order valence-corrected chi connectivity index (χ1v) is 5.42. The predicted octanol–water partition coefficient (Wildman–Crippen LogP) is 3.12. The molecule has 0 fully saturated rings. The van der Waals surface area contributed by atoms with E-state index in [4.69, 9.17) is 0 Å². The summed E-state index contributed by atoms with van der Waals surface area (Å²) >= 11 is 4.16. The zero-order chi connectivity index (χ0) is 9.10. The third-order valence-corrected chi connectivity index (χ3v) is 2.76. The molecule has 0 amide bonds. The summed E-state index contributed by atoms with van der Waals surface area (Å²) in [7, 11) is 0. The number of hydrogen-bond acceptors (Lipinski definition) is 1. The molecule has 0 saturated carbocycles. The molecule has 1 heteroatoms. The topological polar surface area (TPSA) is 0 Å². The van der Waals surface area contributed by atoms with Gasteiger partial charge in [0.1, 0.15) is 0 Å². The summed E-state index contributed by atoms with van der Waals surface area (Å²) in [6.45, 7) is 0. The molecule has 0 heterocycles. The van der Waals surface area contributed by atoms with E-state index in [1.165, 1.54) is 29.5 Å². The van der Waals surface area contributed by atoms with E-state index in [-0.39, 0.29) is 0 Å². The number of fused-ring (bicyclic) bond motifs is 1. The molecule has 1 aliphatic carbocycles. The van der Waals surface area contributed by atoms with Crippen LogP contribution in [0.25, 0.3) is 6.08 Å². The Balaban J connectivity index is 2.09. The first kappa shape index (κ1) is 8.89. The first-order chi connectivity index (χ1) is 6.40. The highest BCUT2D eigenvalue weighted by Crippen LogP contribution is 2.24. The molecular formula is C12H14S. The van der Waals surface area contributed by atoms with Gasteiger partial charge in [-0.1, -0.05) is 30.4 Å². The lowest BCUT2D eigenvalue weighted by Crippen LogP contribution is -2.07.